The summed E-state index contributed by atoms with van der Waals surface area (Å²) in [6, 6.07) is 1.43. The van der Waals surface area contributed by atoms with E-state index in [0.717, 1.165) is 18.5 Å². The summed E-state index contributed by atoms with van der Waals surface area (Å²) in [6.45, 7) is 10.3. The van der Waals surface area contributed by atoms with Gasteiger partial charge >= 0.3 is 0 Å². The summed E-state index contributed by atoms with van der Waals surface area (Å²) in [4.78, 5) is 5.31. The Morgan fingerprint density at radius 1 is 1.17 bits per heavy atom. The molecule has 1 heterocycles. The van der Waals surface area contributed by atoms with E-state index in [1.807, 2.05) is 0 Å². The molecule has 0 bridgehead atoms. The molecule has 1 aliphatic heterocycles. The van der Waals surface area contributed by atoms with Crippen LogP contribution in [0.15, 0.2) is 0 Å². The van der Waals surface area contributed by atoms with Crippen molar-refractivity contribution < 1.29 is 0 Å². The second kappa shape index (κ2) is 6.88. The van der Waals surface area contributed by atoms with Crippen LogP contribution in [0.5, 0.6) is 0 Å². The Bertz CT molecular complexity index is 234. The van der Waals surface area contributed by atoms with Crippen LogP contribution in [0.25, 0.3) is 0 Å². The van der Waals surface area contributed by atoms with Crippen molar-refractivity contribution in [1.82, 2.24) is 9.80 Å². The average molecular weight is 253 g/mol. The monoisotopic (exact) mass is 253 g/mol. The van der Waals surface area contributed by atoms with Crippen molar-refractivity contribution in [2.75, 3.05) is 32.7 Å². The van der Waals surface area contributed by atoms with E-state index in [-0.39, 0.29) is 0 Å². The summed E-state index contributed by atoms with van der Waals surface area (Å²) in [5.74, 6) is 0.880. The number of likely N-dealkylation sites (N-methyl/N-ethyl adjacent to an activating group) is 1. The van der Waals surface area contributed by atoms with Gasteiger partial charge in [0, 0.05) is 31.7 Å². The number of hydrogen-bond acceptors (Lipinski definition) is 3. The van der Waals surface area contributed by atoms with Gasteiger partial charge in [0.05, 0.1) is 0 Å². The Morgan fingerprint density at radius 3 is 2.39 bits per heavy atom. The molecule has 0 aromatic heterocycles. The molecule has 3 nitrogen and oxygen atoms in total. The molecule has 0 spiro atoms. The van der Waals surface area contributed by atoms with Crippen LogP contribution in [-0.4, -0.2) is 54.6 Å². The first-order chi connectivity index (χ1) is 8.80. The normalized spacial score (nSPS) is 28.3. The Morgan fingerprint density at radius 2 is 1.83 bits per heavy atom. The van der Waals surface area contributed by atoms with Gasteiger partial charge in [0.1, 0.15) is 0 Å². The predicted molar refractivity (Wildman–Crippen MR) is 77.7 cm³/mol. The molecule has 2 rings (SSSR count). The minimum absolute atomic E-state index is 0.660. The lowest BCUT2D eigenvalue weighted by molar-refractivity contribution is 0.155. The molecule has 106 valence electrons. The Labute approximate surface area is 113 Å². The molecule has 3 heteroatoms. The number of rotatable bonds is 6. The lowest BCUT2D eigenvalue weighted by atomic mass is 9.97. The van der Waals surface area contributed by atoms with Crippen molar-refractivity contribution in [2.24, 2.45) is 11.7 Å². The van der Waals surface area contributed by atoms with Gasteiger partial charge in [-0.1, -0.05) is 26.7 Å². The summed E-state index contributed by atoms with van der Waals surface area (Å²) in [6.07, 6.45) is 7.01. The van der Waals surface area contributed by atoms with Crippen molar-refractivity contribution in [1.29, 1.82) is 0 Å². The third kappa shape index (κ3) is 3.06. The fourth-order valence-electron chi connectivity index (χ4n) is 4.09. The van der Waals surface area contributed by atoms with Crippen LogP contribution in [0.1, 0.15) is 46.0 Å². The van der Waals surface area contributed by atoms with E-state index in [9.17, 15) is 0 Å². The Hall–Kier alpha value is -0.120. The predicted octanol–water partition coefficient (Wildman–Crippen LogP) is 1.92. The van der Waals surface area contributed by atoms with Crippen molar-refractivity contribution in [3.63, 3.8) is 0 Å². The third-order valence-electron chi connectivity index (χ3n) is 5.18. The maximum Gasteiger partial charge on any atom is 0.0247 e. The highest BCUT2D eigenvalue weighted by Crippen LogP contribution is 2.32. The fraction of sp³-hybridized carbons (Fsp3) is 1.00. The van der Waals surface area contributed by atoms with Crippen LogP contribution >= 0.6 is 0 Å². The minimum atomic E-state index is 0.660. The molecule has 2 fully saturated rings. The third-order valence-corrected chi connectivity index (χ3v) is 5.18. The lowest BCUT2D eigenvalue weighted by Gasteiger charge is -2.33. The van der Waals surface area contributed by atoms with Crippen LogP contribution in [-0.2, 0) is 0 Å². The summed E-state index contributed by atoms with van der Waals surface area (Å²) >= 11 is 0. The van der Waals surface area contributed by atoms with Gasteiger partial charge in [0.2, 0.25) is 0 Å². The van der Waals surface area contributed by atoms with Gasteiger partial charge in [-0.15, -0.1) is 0 Å². The minimum Gasteiger partial charge on any atom is -0.329 e. The topological polar surface area (TPSA) is 32.5 Å². The molecular formula is C15H31N3. The Balaban J connectivity index is 1.89. The molecule has 2 aliphatic rings. The standard InChI is InChI=1S/C15H31N3/c1-3-17(4-2)14-9-10-18(12-14)15(11-16)13-7-5-6-8-13/h13-15H,3-12,16H2,1-2H3. The first kappa shape index (κ1) is 14.3. The number of hydrogen-bond donors (Lipinski definition) is 1. The zero-order chi connectivity index (χ0) is 13.0. The summed E-state index contributed by atoms with van der Waals surface area (Å²) in [5, 5.41) is 0. The zero-order valence-electron chi connectivity index (χ0n) is 12.3. The number of nitrogens with zero attached hydrogens (tertiary/aromatic N) is 2. The maximum atomic E-state index is 6.06. The molecule has 0 amide bonds. The van der Waals surface area contributed by atoms with E-state index in [4.69, 9.17) is 5.73 Å². The fourth-order valence-corrected chi connectivity index (χ4v) is 4.09. The number of nitrogens with two attached hydrogens (primary N) is 1. The Kier molecular flexibility index (Phi) is 5.46. The van der Waals surface area contributed by atoms with Crippen LogP contribution < -0.4 is 5.73 Å². The molecule has 0 radical (unpaired) electrons. The van der Waals surface area contributed by atoms with Crippen molar-refractivity contribution >= 4 is 0 Å². The van der Waals surface area contributed by atoms with Gasteiger partial charge in [-0.3, -0.25) is 9.80 Å². The summed E-state index contributed by atoms with van der Waals surface area (Å²) in [5.41, 5.74) is 6.06. The maximum absolute atomic E-state index is 6.06. The number of likely N-dealkylation sites (tertiary alicyclic amines) is 1. The van der Waals surface area contributed by atoms with Gasteiger partial charge in [0.15, 0.2) is 0 Å². The van der Waals surface area contributed by atoms with E-state index in [2.05, 4.69) is 23.6 Å². The van der Waals surface area contributed by atoms with Crippen molar-refractivity contribution in [2.45, 2.75) is 58.0 Å². The molecule has 1 saturated carbocycles. The zero-order valence-corrected chi connectivity index (χ0v) is 12.3. The largest absolute Gasteiger partial charge is 0.329 e. The second-order valence-electron chi connectivity index (χ2n) is 6.01. The van der Waals surface area contributed by atoms with Gasteiger partial charge in [-0.2, -0.15) is 0 Å². The molecule has 2 N–H and O–H groups in total. The van der Waals surface area contributed by atoms with E-state index in [0.29, 0.717) is 6.04 Å². The van der Waals surface area contributed by atoms with Crippen LogP contribution in [0.4, 0.5) is 0 Å². The molecule has 0 aromatic carbocycles. The quantitative estimate of drug-likeness (QED) is 0.785. The van der Waals surface area contributed by atoms with Gasteiger partial charge in [0.25, 0.3) is 0 Å². The van der Waals surface area contributed by atoms with Crippen molar-refractivity contribution in [3.8, 4) is 0 Å². The van der Waals surface area contributed by atoms with E-state index in [1.54, 1.807) is 0 Å². The SMILES string of the molecule is CCN(CC)C1CCN(C(CN)C2CCCC2)C1. The average Bonchev–Trinajstić information content (AvgIpc) is 3.04. The van der Waals surface area contributed by atoms with Crippen LogP contribution in [0.3, 0.4) is 0 Å². The van der Waals surface area contributed by atoms with Gasteiger partial charge < -0.3 is 5.73 Å². The van der Waals surface area contributed by atoms with Gasteiger partial charge in [-0.25, -0.2) is 0 Å². The van der Waals surface area contributed by atoms with E-state index >= 15 is 0 Å². The van der Waals surface area contributed by atoms with E-state index < -0.39 is 0 Å². The lowest BCUT2D eigenvalue weighted by Crippen LogP contribution is -2.45. The molecule has 1 saturated heterocycles. The molecule has 2 unspecified atom stereocenters. The van der Waals surface area contributed by atoms with E-state index in [1.165, 1.54) is 58.3 Å². The first-order valence-electron chi connectivity index (χ1n) is 7.98. The first-order valence-corrected chi connectivity index (χ1v) is 7.98. The van der Waals surface area contributed by atoms with Crippen LogP contribution in [0.2, 0.25) is 0 Å². The summed E-state index contributed by atoms with van der Waals surface area (Å²) < 4.78 is 0. The van der Waals surface area contributed by atoms with Crippen LogP contribution in [0, 0.1) is 5.92 Å². The molecular weight excluding hydrogens is 222 g/mol. The van der Waals surface area contributed by atoms with Gasteiger partial charge in [-0.05, 0) is 38.3 Å². The second-order valence-corrected chi connectivity index (χ2v) is 6.01. The molecule has 18 heavy (non-hydrogen) atoms. The molecule has 2 atom stereocenters. The smallest absolute Gasteiger partial charge is 0.0247 e. The highest BCUT2D eigenvalue weighted by atomic mass is 15.3. The highest BCUT2D eigenvalue weighted by molar-refractivity contribution is 4.91. The van der Waals surface area contributed by atoms with Crippen molar-refractivity contribution in [3.05, 3.63) is 0 Å². The summed E-state index contributed by atoms with van der Waals surface area (Å²) in [7, 11) is 0. The molecule has 0 aromatic rings. The molecule has 1 aliphatic carbocycles. The highest BCUT2D eigenvalue weighted by Gasteiger charge is 2.34.